The quantitative estimate of drug-likeness (QED) is 0.354. The number of methoxy groups -OCH3 is 3. The fourth-order valence-electron chi connectivity index (χ4n) is 3.12. The molecule has 2 rings (SSSR count). The van der Waals surface area contributed by atoms with Crippen LogP contribution in [-0.2, 0) is 9.26 Å². The van der Waals surface area contributed by atoms with Crippen LogP contribution < -0.4 is 14.8 Å². The Morgan fingerprint density at radius 3 is 2.17 bits per heavy atom. The summed E-state index contributed by atoms with van der Waals surface area (Å²) in [7, 11) is 3.19. The second-order valence-electron chi connectivity index (χ2n) is 6.60. The molecule has 153 valence electrons. The maximum absolute atomic E-state index is 13.6. The van der Waals surface area contributed by atoms with E-state index in [-0.39, 0.29) is 24.4 Å². The molecule has 2 aromatic carbocycles. The third kappa shape index (κ3) is 5.85. The summed E-state index contributed by atoms with van der Waals surface area (Å²) >= 11 is 0. The van der Waals surface area contributed by atoms with Crippen molar-refractivity contribution >= 4 is 37.8 Å². The molecule has 0 spiro atoms. The summed E-state index contributed by atoms with van der Waals surface area (Å²) in [6.45, 7) is 8.81. The number of rotatable bonds is 9. The zero-order valence-electron chi connectivity index (χ0n) is 18.7. The van der Waals surface area contributed by atoms with E-state index in [0.29, 0.717) is 24.7 Å². The van der Waals surface area contributed by atoms with Crippen molar-refractivity contribution in [2.45, 2.75) is 27.7 Å². The molecule has 0 aliphatic carbocycles. The Morgan fingerprint density at radius 1 is 0.897 bits per heavy atom. The van der Waals surface area contributed by atoms with Gasteiger partial charge in [0.15, 0.2) is 0 Å². The molecule has 2 aromatic rings. The zero-order valence-corrected chi connectivity index (χ0v) is 19.6. The van der Waals surface area contributed by atoms with Crippen molar-refractivity contribution in [3.05, 3.63) is 52.1 Å². The van der Waals surface area contributed by atoms with E-state index in [1.807, 2.05) is 32.9 Å². The predicted molar refractivity (Wildman–Crippen MR) is 119 cm³/mol. The predicted octanol–water partition coefficient (Wildman–Crippen LogP) is 4.08. The molecule has 5 nitrogen and oxygen atoms in total. The molecule has 0 saturated carbocycles. The van der Waals surface area contributed by atoms with Crippen LogP contribution in [0.5, 0.6) is 11.5 Å². The molecule has 0 aliphatic rings. The van der Waals surface area contributed by atoms with Crippen LogP contribution in [-0.4, -0.2) is 58.9 Å². The van der Waals surface area contributed by atoms with Gasteiger partial charge in [-0.2, -0.15) is 0 Å². The molecule has 0 N–H and O–H groups in total. The summed E-state index contributed by atoms with van der Waals surface area (Å²) in [5, 5.41) is 0.733. The van der Waals surface area contributed by atoms with Gasteiger partial charge in [-0.3, -0.25) is 4.79 Å². The molecule has 0 aliphatic heterocycles. The molecule has 1 atom stereocenters. The first-order valence-electron chi connectivity index (χ1n) is 9.11. The number of carbonyl (C=O) groups excluding carboxylic acids is 1. The molecular weight excluding hydrogens is 382 g/mol. The Balaban J connectivity index is 0.00000420. The fraction of sp³-hybridized carbons (Fsp3) is 0.409. The van der Waals surface area contributed by atoms with Gasteiger partial charge in [-0.15, -0.1) is 0 Å². The molecule has 0 bridgehead atoms. The minimum Gasteiger partial charge on any atom is -0.497 e. The van der Waals surface area contributed by atoms with Crippen molar-refractivity contribution in [3.63, 3.8) is 0 Å². The van der Waals surface area contributed by atoms with Crippen LogP contribution in [0.3, 0.4) is 0 Å². The Hall–Kier alpha value is -1.34. The van der Waals surface area contributed by atoms with Crippen LogP contribution in [0.2, 0.25) is 0 Å². The Labute approximate surface area is 187 Å². The average Bonchev–Trinajstić information content (AvgIpc) is 2.69. The molecule has 0 saturated heterocycles. The van der Waals surface area contributed by atoms with Crippen LogP contribution in [0.4, 0.5) is 0 Å². The van der Waals surface area contributed by atoms with Crippen LogP contribution in [0.1, 0.15) is 32.6 Å². The summed E-state index contributed by atoms with van der Waals surface area (Å²) in [6.07, 6.45) is 0. The summed E-state index contributed by atoms with van der Waals surface area (Å²) in [5.41, 5.74) is 4.97. The summed E-state index contributed by atoms with van der Waals surface area (Å²) in [5.74, 6) is 1.24. The molecule has 1 unspecified atom stereocenters. The molecule has 1 radical (unpaired) electrons. The smallest absolute Gasteiger partial charge is 0.216 e. The van der Waals surface area contributed by atoms with E-state index < -0.39 is 8.15 Å². The van der Waals surface area contributed by atoms with E-state index in [1.54, 1.807) is 27.4 Å². The van der Waals surface area contributed by atoms with E-state index >= 15 is 0 Å². The fourth-order valence-corrected chi connectivity index (χ4v) is 4.96. The van der Waals surface area contributed by atoms with Gasteiger partial charge in [0.2, 0.25) is 5.52 Å². The minimum absolute atomic E-state index is 0. The van der Waals surface area contributed by atoms with Crippen molar-refractivity contribution in [1.82, 2.24) is 0 Å². The largest absolute Gasteiger partial charge is 0.497 e. The number of hydrogen-bond acceptors (Lipinski definition) is 5. The maximum atomic E-state index is 13.6. The average molecular weight is 411 g/mol. The number of ether oxygens (including phenoxy) is 3. The standard InChI is InChI=1S/C22H29O5P.Li/c1-14-12-15(2)21(17(4)16(14)3)22(23)28(27-11-10-24-5)20-9-8-18(25-6)13-19(20)26-7;/h8-9,12-13H,10-11H2,1-7H3;. The van der Waals surface area contributed by atoms with E-state index in [1.165, 1.54) is 5.56 Å². The molecule has 7 heteroatoms. The van der Waals surface area contributed by atoms with Crippen molar-refractivity contribution < 1.29 is 23.5 Å². The third-order valence-corrected chi connectivity index (χ3v) is 6.71. The topological polar surface area (TPSA) is 54.0 Å². The first-order chi connectivity index (χ1) is 13.3. The summed E-state index contributed by atoms with van der Waals surface area (Å²) < 4.78 is 22.0. The monoisotopic (exact) mass is 411 g/mol. The van der Waals surface area contributed by atoms with Crippen LogP contribution in [0.15, 0.2) is 24.3 Å². The SMILES string of the molecule is COCCOP(C(=O)c1c(C)cc(C)c(C)c1C)c1ccc(OC)cc1OC.[Li]. The van der Waals surface area contributed by atoms with E-state index in [9.17, 15) is 4.79 Å². The van der Waals surface area contributed by atoms with Gasteiger partial charge in [-0.05, 0) is 62.1 Å². The summed E-state index contributed by atoms with van der Waals surface area (Å²) in [4.78, 5) is 13.6. The number of carbonyl (C=O) groups is 1. The van der Waals surface area contributed by atoms with Gasteiger partial charge < -0.3 is 18.7 Å². The van der Waals surface area contributed by atoms with Crippen molar-refractivity contribution in [2.75, 3.05) is 34.5 Å². The van der Waals surface area contributed by atoms with Gasteiger partial charge in [0.1, 0.15) is 19.6 Å². The summed E-state index contributed by atoms with van der Waals surface area (Å²) in [6, 6.07) is 7.50. The van der Waals surface area contributed by atoms with Crippen molar-refractivity contribution in [3.8, 4) is 11.5 Å². The van der Waals surface area contributed by atoms with Gasteiger partial charge in [0.05, 0.1) is 32.7 Å². The number of benzene rings is 2. The van der Waals surface area contributed by atoms with Crippen molar-refractivity contribution in [1.29, 1.82) is 0 Å². The van der Waals surface area contributed by atoms with Gasteiger partial charge >= 0.3 is 0 Å². The zero-order chi connectivity index (χ0) is 20.8. The van der Waals surface area contributed by atoms with Gasteiger partial charge in [0, 0.05) is 37.6 Å². The molecule has 0 aromatic heterocycles. The second kappa shape index (κ2) is 11.7. The first-order valence-corrected chi connectivity index (χ1v) is 10.4. The molecular formula is C22H29LiO5P. The normalized spacial score (nSPS) is 11.6. The van der Waals surface area contributed by atoms with Crippen molar-refractivity contribution in [2.24, 2.45) is 0 Å². The van der Waals surface area contributed by atoms with Crippen LogP contribution in [0.25, 0.3) is 0 Å². The Morgan fingerprint density at radius 2 is 1.59 bits per heavy atom. The van der Waals surface area contributed by atoms with Gasteiger partial charge in [-0.1, -0.05) is 6.07 Å². The van der Waals surface area contributed by atoms with Gasteiger partial charge in [-0.25, -0.2) is 0 Å². The Kier molecular flexibility index (Phi) is 10.4. The first kappa shape index (κ1) is 25.7. The van der Waals surface area contributed by atoms with Gasteiger partial charge in [0.25, 0.3) is 0 Å². The van der Waals surface area contributed by atoms with E-state index in [0.717, 1.165) is 27.6 Å². The molecule has 29 heavy (non-hydrogen) atoms. The number of aryl methyl sites for hydroxylation is 2. The molecule has 0 amide bonds. The minimum atomic E-state index is -1.60. The Bertz CT molecular complexity index is 854. The van der Waals surface area contributed by atoms with Crippen LogP contribution >= 0.6 is 8.15 Å². The van der Waals surface area contributed by atoms with E-state index in [4.69, 9.17) is 18.7 Å². The maximum Gasteiger partial charge on any atom is 0.216 e. The molecule has 0 heterocycles. The van der Waals surface area contributed by atoms with Crippen LogP contribution in [0, 0.1) is 27.7 Å². The second-order valence-corrected chi connectivity index (χ2v) is 8.33. The molecule has 0 fully saturated rings. The third-order valence-electron chi connectivity index (χ3n) is 4.87. The number of hydrogen-bond donors (Lipinski definition) is 0. The van der Waals surface area contributed by atoms with E-state index in [2.05, 4.69) is 13.0 Å².